The maximum absolute atomic E-state index is 12.6. The largest absolute Gasteiger partial charge is 0.479 e. The quantitative estimate of drug-likeness (QED) is 0.696. The van der Waals surface area contributed by atoms with E-state index in [1.54, 1.807) is 7.11 Å². The van der Waals surface area contributed by atoms with Gasteiger partial charge in [0, 0.05) is 37.6 Å². The Morgan fingerprint density at radius 3 is 2.13 bits per heavy atom. The van der Waals surface area contributed by atoms with E-state index in [2.05, 4.69) is 29.0 Å². The Morgan fingerprint density at radius 2 is 1.57 bits per heavy atom. The van der Waals surface area contributed by atoms with Gasteiger partial charge in [0.1, 0.15) is 5.69 Å². The van der Waals surface area contributed by atoms with E-state index >= 15 is 0 Å². The first-order valence-electron chi connectivity index (χ1n) is 10.3. The number of piperazine rings is 1. The molecule has 0 unspecified atom stereocenters. The van der Waals surface area contributed by atoms with Gasteiger partial charge in [-0.15, -0.1) is 0 Å². The summed E-state index contributed by atoms with van der Waals surface area (Å²) < 4.78 is 5.34. The van der Waals surface area contributed by atoms with Gasteiger partial charge in [-0.05, 0) is 26.0 Å². The van der Waals surface area contributed by atoms with Crippen LogP contribution in [0.5, 0.6) is 5.88 Å². The van der Waals surface area contributed by atoms with E-state index in [4.69, 9.17) is 4.74 Å². The Balaban J connectivity index is 0.000000367. The molecular weight excluding hydrogens is 376 g/mol. The predicted octanol–water partition coefficient (Wildman–Crippen LogP) is 4.49. The first-order chi connectivity index (χ1) is 14.6. The smallest absolute Gasteiger partial charge is 0.322 e. The molecule has 3 aromatic rings. The van der Waals surface area contributed by atoms with Crippen LogP contribution in [-0.4, -0.2) is 60.1 Å². The molecule has 0 aliphatic carbocycles. The summed E-state index contributed by atoms with van der Waals surface area (Å²) in [7, 11) is 1.56. The average Bonchev–Trinajstić information content (AvgIpc) is 2.80. The molecule has 1 aliphatic heterocycles. The normalized spacial score (nSPS) is 14.2. The zero-order chi connectivity index (χ0) is 21.3. The van der Waals surface area contributed by atoms with Crippen molar-refractivity contribution in [1.82, 2.24) is 14.8 Å². The first kappa shape index (κ1) is 21.6. The lowest BCUT2D eigenvalue weighted by Crippen LogP contribution is -2.51. The summed E-state index contributed by atoms with van der Waals surface area (Å²) in [6, 6.07) is 22.1. The number of methoxy groups -OCH3 is 1. The summed E-state index contributed by atoms with van der Waals surface area (Å²) in [6.07, 6.45) is 0. The number of urea groups is 1. The van der Waals surface area contributed by atoms with Crippen LogP contribution in [0.1, 0.15) is 13.8 Å². The van der Waals surface area contributed by atoms with Gasteiger partial charge in [0.2, 0.25) is 5.88 Å². The van der Waals surface area contributed by atoms with E-state index in [-0.39, 0.29) is 6.03 Å². The van der Waals surface area contributed by atoms with Crippen molar-refractivity contribution in [3.05, 3.63) is 66.7 Å². The summed E-state index contributed by atoms with van der Waals surface area (Å²) in [5.41, 5.74) is 1.45. The van der Waals surface area contributed by atoms with Gasteiger partial charge in [-0.1, -0.05) is 54.6 Å². The number of fused-ring (bicyclic) bond motifs is 1. The van der Waals surface area contributed by atoms with Crippen molar-refractivity contribution in [3.8, 4) is 5.88 Å². The van der Waals surface area contributed by atoms with Crippen LogP contribution in [0.25, 0.3) is 10.9 Å². The highest BCUT2D eigenvalue weighted by atomic mass is 16.5. The van der Waals surface area contributed by atoms with Crippen LogP contribution in [-0.2, 0) is 0 Å². The maximum atomic E-state index is 12.6. The molecule has 1 saturated heterocycles. The molecule has 6 nitrogen and oxygen atoms in total. The highest BCUT2D eigenvalue weighted by molar-refractivity contribution is 5.94. The Kier molecular flexibility index (Phi) is 7.63. The highest BCUT2D eigenvalue weighted by Gasteiger charge is 2.23. The van der Waals surface area contributed by atoms with E-state index < -0.39 is 0 Å². The number of benzene rings is 2. The van der Waals surface area contributed by atoms with Crippen molar-refractivity contribution >= 4 is 22.6 Å². The number of aromatic nitrogens is 1. The third-order valence-corrected chi connectivity index (χ3v) is 5.12. The monoisotopic (exact) mass is 406 g/mol. The molecule has 0 bridgehead atoms. The van der Waals surface area contributed by atoms with Crippen molar-refractivity contribution < 1.29 is 9.53 Å². The van der Waals surface area contributed by atoms with Crippen LogP contribution >= 0.6 is 0 Å². The Morgan fingerprint density at radius 1 is 0.967 bits per heavy atom. The van der Waals surface area contributed by atoms with E-state index in [1.807, 2.05) is 71.6 Å². The number of hydrogen-bond acceptors (Lipinski definition) is 4. The van der Waals surface area contributed by atoms with Crippen LogP contribution in [0.4, 0.5) is 10.5 Å². The number of para-hydroxylation sites is 1. The van der Waals surface area contributed by atoms with Crippen molar-refractivity contribution in [3.63, 3.8) is 0 Å². The van der Waals surface area contributed by atoms with Crippen LogP contribution in [0, 0.1) is 0 Å². The van der Waals surface area contributed by atoms with Gasteiger partial charge in [0.05, 0.1) is 12.6 Å². The molecule has 0 radical (unpaired) electrons. The fourth-order valence-corrected chi connectivity index (χ4v) is 3.36. The maximum Gasteiger partial charge on any atom is 0.322 e. The standard InChI is InChI=1S/C18H24N4O2.C6H6/c1-13(2)21-8-10-22(11-9-21)18(23)20-16-12-14-6-4-5-7-15(14)19-17(16)24-3;1-2-4-6-5-3-1/h4-7,12-13H,8-11H2,1-3H3,(H,20,23);1-6H. The number of amides is 2. The Bertz CT molecular complexity index is 912. The van der Waals surface area contributed by atoms with Crippen LogP contribution in [0.2, 0.25) is 0 Å². The topological polar surface area (TPSA) is 57.7 Å². The second-order valence-corrected chi connectivity index (χ2v) is 7.44. The molecule has 0 spiro atoms. The molecule has 158 valence electrons. The van der Waals surface area contributed by atoms with Crippen molar-refractivity contribution in [2.45, 2.75) is 19.9 Å². The molecule has 1 aromatic heterocycles. The second kappa shape index (κ2) is 10.6. The molecule has 30 heavy (non-hydrogen) atoms. The zero-order valence-corrected chi connectivity index (χ0v) is 17.9. The fraction of sp³-hybridized carbons (Fsp3) is 0.333. The number of rotatable bonds is 3. The van der Waals surface area contributed by atoms with Gasteiger partial charge in [-0.3, -0.25) is 4.90 Å². The third kappa shape index (κ3) is 5.70. The van der Waals surface area contributed by atoms with Gasteiger partial charge < -0.3 is 15.0 Å². The minimum absolute atomic E-state index is 0.103. The van der Waals surface area contributed by atoms with E-state index in [9.17, 15) is 4.79 Å². The Hall–Kier alpha value is -3.12. The summed E-state index contributed by atoms with van der Waals surface area (Å²) >= 11 is 0. The van der Waals surface area contributed by atoms with Gasteiger partial charge in [0.25, 0.3) is 0 Å². The highest BCUT2D eigenvalue weighted by Crippen LogP contribution is 2.27. The van der Waals surface area contributed by atoms with Crippen LogP contribution < -0.4 is 10.1 Å². The number of anilines is 1. The zero-order valence-electron chi connectivity index (χ0n) is 17.9. The molecule has 0 atom stereocenters. The lowest BCUT2D eigenvalue weighted by molar-refractivity contribution is 0.125. The van der Waals surface area contributed by atoms with E-state index in [0.717, 1.165) is 37.1 Å². The van der Waals surface area contributed by atoms with Crippen LogP contribution in [0.3, 0.4) is 0 Å². The fourth-order valence-electron chi connectivity index (χ4n) is 3.36. The molecule has 4 rings (SSSR count). The summed E-state index contributed by atoms with van der Waals surface area (Å²) in [6.45, 7) is 7.62. The lowest BCUT2D eigenvalue weighted by Gasteiger charge is -2.36. The molecule has 2 amide bonds. The number of carbonyl (C=O) groups is 1. The number of hydrogen-bond donors (Lipinski definition) is 1. The number of nitrogens with zero attached hydrogens (tertiary/aromatic N) is 3. The average molecular weight is 407 g/mol. The van der Waals surface area contributed by atoms with Gasteiger partial charge in [-0.25, -0.2) is 9.78 Å². The Labute approximate surface area is 178 Å². The molecule has 1 aliphatic rings. The van der Waals surface area contributed by atoms with Crippen molar-refractivity contribution in [1.29, 1.82) is 0 Å². The van der Waals surface area contributed by atoms with Gasteiger partial charge in [0.15, 0.2) is 0 Å². The summed E-state index contributed by atoms with van der Waals surface area (Å²) in [5.74, 6) is 0.433. The lowest BCUT2D eigenvalue weighted by atomic mass is 10.2. The van der Waals surface area contributed by atoms with Gasteiger partial charge >= 0.3 is 6.03 Å². The summed E-state index contributed by atoms with van der Waals surface area (Å²) in [4.78, 5) is 21.2. The number of carbonyl (C=O) groups excluding carboxylic acids is 1. The number of pyridine rings is 1. The van der Waals surface area contributed by atoms with Crippen molar-refractivity contribution in [2.75, 3.05) is 38.6 Å². The second-order valence-electron chi connectivity index (χ2n) is 7.44. The molecular formula is C24H30N4O2. The number of ether oxygens (including phenoxy) is 1. The third-order valence-electron chi connectivity index (χ3n) is 5.12. The van der Waals surface area contributed by atoms with E-state index in [0.29, 0.717) is 17.6 Å². The SMILES string of the molecule is COc1nc2ccccc2cc1NC(=O)N1CCN(C(C)C)CC1.c1ccccc1. The van der Waals surface area contributed by atoms with E-state index in [1.165, 1.54) is 0 Å². The number of nitrogens with one attached hydrogen (secondary N) is 1. The van der Waals surface area contributed by atoms with Gasteiger partial charge in [-0.2, -0.15) is 0 Å². The minimum Gasteiger partial charge on any atom is -0.479 e. The first-order valence-corrected chi connectivity index (χ1v) is 10.3. The van der Waals surface area contributed by atoms with Crippen molar-refractivity contribution in [2.24, 2.45) is 0 Å². The minimum atomic E-state index is -0.103. The molecule has 2 aromatic carbocycles. The summed E-state index contributed by atoms with van der Waals surface area (Å²) in [5, 5.41) is 3.92. The predicted molar refractivity (Wildman–Crippen MR) is 122 cm³/mol. The molecule has 0 saturated carbocycles. The molecule has 2 heterocycles. The molecule has 1 fully saturated rings. The van der Waals surface area contributed by atoms with Crippen LogP contribution in [0.15, 0.2) is 66.7 Å². The molecule has 6 heteroatoms. The molecule has 1 N–H and O–H groups in total.